The predicted octanol–water partition coefficient (Wildman–Crippen LogP) is 2.37. The summed E-state index contributed by atoms with van der Waals surface area (Å²) in [6.07, 6.45) is 4.10. The minimum Gasteiger partial charge on any atom is -0.356 e. The van der Waals surface area contributed by atoms with E-state index in [1.54, 1.807) is 6.33 Å². The van der Waals surface area contributed by atoms with E-state index >= 15 is 0 Å². The lowest BCUT2D eigenvalue weighted by Gasteiger charge is -2.21. The van der Waals surface area contributed by atoms with Gasteiger partial charge >= 0.3 is 0 Å². The second kappa shape index (κ2) is 4.92. The molecule has 2 heterocycles. The first-order valence-electron chi connectivity index (χ1n) is 6.58. The molecule has 18 heavy (non-hydrogen) atoms. The minimum absolute atomic E-state index is 0.660. The lowest BCUT2D eigenvalue weighted by molar-refractivity contribution is 0.814. The highest BCUT2D eigenvalue weighted by Crippen LogP contribution is 2.32. The summed E-state index contributed by atoms with van der Waals surface area (Å²) in [6.45, 7) is 8.12. The van der Waals surface area contributed by atoms with Crippen molar-refractivity contribution in [3.8, 4) is 0 Å². The maximum Gasteiger partial charge on any atom is 0.254 e. The molecule has 0 radical (unpaired) electrons. The zero-order valence-corrected chi connectivity index (χ0v) is 11.8. The fourth-order valence-electron chi connectivity index (χ4n) is 2.06. The summed E-state index contributed by atoms with van der Waals surface area (Å²) in [4.78, 5) is 10.9. The molecule has 2 aromatic heterocycles. The second-order valence-corrected chi connectivity index (χ2v) is 4.46. The average molecular weight is 247 g/mol. The van der Waals surface area contributed by atoms with Gasteiger partial charge in [0, 0.05) is 24.3 Å². The van der Waals surface area contributed by atoms with Crippen molar-refractivity contribution in [2.75, 3.05) is 11.9 Å². The number of nitrogens with zero attached hydrogens (tertiary/aromatic N) is 5. The Morgan fingerprint density at radius 2 is 1.94 bits per heavy atom. The van der Waals surface area contributed by atoms with Crippen LogP contribution in [0, 0.1) is 13.8 Å². The van der Waals surface area contributed by atoms with Crippen LogP contribution in [-0.2, 0) is 0 Å². The highest BCUT2D eigenvalue weighted by atomic mass is 15.4. The van der Waals surface area contributed by atoms with Crippen LogP contribution in [0.5, 0.6) is 0 Å². The summed E-state index contributed by atoms with van der Waals surface area (Å²) in [6, 6.07) is 0.660. The summed E-state index contributed by atoms with van der Waals surface area (Å²) in [5.41, 5.74) is 2.22. The monoisotopic (exact) mass is 247 g/mol. The Labute approximate surface area is 108 Å². The maximum atomic E-state index is 4.42. The van der Waals surface area contributed by atoms with E-state index < -0.39 is 0 Å². The largest absolute Gasteiger partial charge is 0.356 e. The molecule has 0 amide bonds. The summed E-state index contributed by atoms with van der Waals surface area (Å²) in [7, 11) is 2.13. The molecule has 2 aromatic rings. The van der Waals surface area contributed by atoms with Gasteiger partial charge in [0.2, 0.25) is 0 Å². The Kier molecular flexibility index (Phi) is 3.50. The molecule has 1 aliphatic rings. The van der Waals surface area contributed by atoms with Crippen LogP contribution in [0.1, 0.15) is 37.9 Å². The van der Waals surface area contributed by atoms with E-state index in [1.165, 1.54) is 18.4 Å². The molecule has 1 aliphatic carbocycles. The highest BCUT2D eigenvalue weighted by molar-refractivity contribution is 5.54. The molecule has 5 heteroatoms. The Bertz CT molecular complexity index is 542. The molecule has 0 N–H and O–H groups in total. The molecule has 5 nitrogen and oxygen atoms in total. The van der Waals surface area contributed by atoms with Crippen LogP contribution in [0.25, 0.3) is 5.78 Å². The number of hydrogen-bond donors (Lipinski definition) is 0. The van der Waals surface area contributed by atoms with E-state index in [-0.39, 0.29) is 0 Å². The van der Waals surface area contributed by atoms with Crippen LogP contribution in [-0.4, -0.2) is 32.7 Å². The zero-order valence-electron chi connectivity index (χ0n) is 11.8. The molecule has 0 unspecified atom stereocenters. The van der Waals surface area contributed by atoms with E-state index in [0.29, 0.717) is 11.8 Å². The highest BCUT2D eigenvalue weighted by Gasteiger charge is 2.29. The number of aryl methyl sites for hydroxylation is 1. The number of aromatic nitrogens is 4. The van der Waals surface area contributed by atoms with Gasteiger partial charge < -0.3 is 4.90 Å². The molecular formula is C13H21N5. The molecule has 1 fully saturated rings. The molecule has 1 saturated carbocycles. The smallest absolute Gasteiger partial charge is 0.254 e. The normalized spacial score (nSPS) is 14.3. The van der Waals surface area contributed by atoms with E-state index in [4.69, 9.17) is 0 Å². The fourth-order valence-corrected chi connectivity index (χ4v) is 2.06. The van der Waals surface area contributed by atoms with E-state index in [0.717, 1.165) is 11.5 Å². The van der Waals surface area contributed by atoms with Gasteiger partial charge in [0.15, 0.2) is 0 Å². The SMILES string of the molecule is CC.Cc1nc2ncnn2c(N(C)C2CC2)c1C. The molecule has 0 aromatic carbocycles. The number of rotatable bonds is 2. The van der Waals surface area contributed by atoms with Crippen LogP contribution in [0.2, 0.25) is 0 Å². The van der Waals surface area contributed by atoms with E-state index in [9.17, 15) is 0 Å². The molecule has 0 bridgehead atoms. The second-order valence-electron chi connectivity index (χ2n) is 4.46. The van der Waals surface area contributed by atoms with Crippen LogP contribution in [0.15, 0.2) is 6.33 Å². The zero-order chi connectivity index (χ0) is 13.3. The molecule has 98 valence electrons. The van der Waals surface area contributed by atoms with Gasteiger partial charge in [-0.15, -0.1) is 0 Å². The minimum atomic E-state index is 0.660. The van der Waals surface area contributed by atoms with Gasteiger partial charge in [-0.05, 0) is 26.7 Å². The lowest BCUT2D eigenvalue weighted by atomic mass is 10.2. The van der Waals surface area contributed by atoms with Crippen LogP contribution in [0.4, 0.5) is 5.82 Å². The molecule has 0 spiro atoms. The maximum absolute atomic E-state index is 4.42. The van der Waals surface area contributed by atoms with Crippen molar-refractivity contribution < 1.29 is 0 Å². The summed E-state index contributed by atoms with van der Waals surface area (Å²) in [5, 5.41) is 4.25. The van der Waals surface area contributed by atoms with Gasteiger partial charge in [0.05, 0.1) is 0 Å². The predicted molar refractivity (Wildman–Crippen MR) is 73.0 cm³/mol. The quantitative estimate of drug-likeness (QED) is 0.817. The van der Waals surface area contributed by atoms with Crippen molar-refractivity contribution in [2.24, 2.45) is 0 Å². The number of hydrogen-bond acceptors (Lipinski definition) is 4. The van der Waals surface area contributed by atoms with Crippen molar-refractivity contribution in [3.05, 3.63) is 17.6 Å². The summed E-state index contributed by atoms with van der Waals surface area (Å²) < 4.78 is 1.83. The standard InChI is InChI=1S/C11H15N5.C2H6/c1-7-8(2)14-11-12-6-13-16(11)10(7)15(3)9-4-5-9;1-2/h6,9H,4-5H2,1-3H3;1-2H3. The first-order valence-corrected chi connectivity index (χ1v) is 6.58. The van der Waals surface area contributed by atoms with Gasteiger partial charge in [-0.3, -0.25) is 0 Å². The van der Waals surface area contributed by atoms with Gasteiger partial charge in [0.25, 0.3) is 5.78 Å². The first-order chi connectivity index (χ1) is 8.68. The topological polar surface area (TPSA) is 46.3 Å². The number of anilines is 1. The van der Waals surface area contributed by atoms with Gasteiger partial charge in [-0.2, -0.15) is 14.6 Å². The summed E-state index contributed by atoms with van der Waals surface area (Å²) >= 11 is 0. The van der Waals surface area contributed by atoms with Crippen molar-refractivity contribution in [1.82, 2.24) is 19.6 Å². The lowest BCUT2D eigenvalue weighted by Crippen LogP contribution is -2.24. The molecule has 0 saturated heterocycles. The van der Waals surface area contributed by atoms with Gasteiger partial charge in [0.1, 0.15) is 12.1 Å². The third-order valence-corrected chi connectivity index (χ3v) is 3.30. The molecular weight excluding hydrogens is 226 g/mol. The Morgan fingerprint density at radius 3 is 2.56 bits per heavy atom. The average Bonchev–Trinajstić information content (AvgIpc) is 3.14. The molecule has 0 atom stereocenters. The van der Waals surface area contributed by atoms with Crippen molar-refractivity contribution >= 4 is 11.6 Å². The Morgan fingerprint density at radius 1 is 1.28 bits per heavy atom. The van der Waals surface area contributed by atoms with Crippen LogP contribution >= 0.6 is 0 Å². The number of fused-ring (bicyclic) bond motifs is 1. The summed E-state index contributed by atoms with van der Waals surface area (Å²) in [5.74, 6) is 1.81. The van der Waals surface area contributed by atoms with Gasteiger partial charge in [-0.25, -0.2) is 4.98 Å². The molecule has 0 aliphatic heterocycles. The van der Waals surface area contributed by atoms with Crippen molar-refractivity contribution in [1.29, 1.82) is 0 Å². The van der Waals surface area contributed by atoms with Crippen molar-refractivity contribution in [2.45, 2.75) is 46.6 Å². The van der Waals surface area contributed by atoms with Crippen LogP contribution in [0.3, 0.4) is 0 Å². The first kappa shape index (κ1) is 12.8. The fraction of sp³-hybridized carbons (Fsp3) is 0.615. The third kappa shape index (κ3) is 2.05. The van der Waals surface area contributed by atoms with Crippen molar-refractivity contribution in [3.63, 3.8) is 0 Å². The van der Waals surface area contributed by atoms with Gasteiger partial charge in [-0.1, -0.05) is 13.8 Å². The Balaban J connectivity index is 0.000000574. The van der Waals surface area contributed by atoms with E-state index in [1.807, 2.05) is 25.3 Å². The Hall–Kier alpha value is -1.65. The van der Waals surface area contributed by atoms with Crippen LogP contribution < -0.4 is 4.90 Å². The third-order valence-electron chi connectivity index (χ3n) is 3.30. The molecule has 3 rings (SSSR count). The van der Waals surface area contributed by atoms with E-state index in [2.05, 4.69) is 33.9 Å².